The number of nitrogens with one attached hydrogen (secondary N) is 1. The number of hydrogen-bond donors (Lipinski definition) is 1. The second-order valence-electron chi connectivity index (χ2n) is 6.13. The number of carbonyl (C=O) groups excluding carboxylic acids is 1. The molecule has 0 saturated heterocycles. The summed E-state index contributed by atoms with van der Waals surface area (Å²) in [5.74, 6) is 0.880. The van der Waals surface area contributed by atoms with E-state index in [1.54, 1.807) is 24.3 Å². The van der Waals surface area contributed by atoms with Crippen molar-refractivity contribution in [1.82, 2.24) is 14.8 Å². The smallest absolute Gasteiger partial charge is 0.234 e. The molecule has 0 spiro atoms. The molecule has 0 atom stereocenters. The van der Waals surface area contributed by atoms with Crippen LogP contribution in [0.2, 0.25) is 5.02 Å². The molecule has 0 aliphatic rings. The number of carbonyl (C=O) groups is 1. The number of benzene rings is 2. The summed E-state index contributed by atoms with van der Waals surface area (Å²) in [7, 11) is 0. The van der Waals surface area contributed by atoms with E-state index in [2.05, 4.69) is 15.5 Å². The lowest BCUT2D eigenvalue weighted by Gasteiger charge is -2.10. The van der Waals surface area contributed by atoms with Crippen LogP contribution in [0.5, 0.6) is 5.75 Å². The van der Waals surface area contributed by atoms with Crippen LogP contribution in [0, 0.1) is 12.7 Å². The van der Waals surface area contributed by atoms with Crippen molar-refractivity contribution in [3.8, 4) is 5.75 Å². The molecule has 6 nitrogen and oxygen atoms in total. The van der Waals surface area contributed by atoms with Gasteiger partial charge in [-0.05, 0) is 55.8 Å². The lowest BCUT2D eigenvalue weighted by Crippen LogP contribution is -2.15. The van der Waals surface area contributed by atoms with Gasteiger partial charge in [0.15, 0.2) is 11.0 Å². The van der Waals surface area contributed by atoms with E-state index in [-0.39, 0.29) is 24.1 Å². The number of rotatable bonds is 8. The Morgan fingerprint density at radius 2 is 2.00 bits per heavy atom. The monoisotopic (exact) mass is 434 g/mol. The van der Waals surface area contributed by atoms with Gasteiger partial charge in [0.2, 0.25) is 5.91 Å². The van der Waals surface area contributed by atoms with Gasteiger partial charge in [-0.25, -0.2) is 4.39 Å². The molecule has 29 heavy (non-hydrogen) atoms. The number of thioether (sulfide) groups is 1. The van der Waals surface area contributed by atoms with Crippen LogP contribution in [0.15, 0.2) is 47.6 Å². The summed E-state index contributed by atoms with van der Waals surface area (Å²) in [6, 6.07) is 11.2. The quantitative estimate of drug-likeness (QED) is 0.520. The van der Waals surface area contributed by atoms with Gasteiger partial charge in [0.1, 0.15) is 18.2 Å². The fourth-order valence-corrected chi connectivity index (χ4v) is 3.58. The van der Waals surface area contributed by atoms with Gasteiger partial charge in [-0.2, -0.15) is 0 Å². The van der Waals surface area contributed by atoms with Gasteiger partial charge in [-0.3, -0.25) is 4.79 Å². The molecule has 1 N–H and O–H groups in total. The number of nitrogens with zero attached hydrogens (tertiary/aromatic N) is 3. The first-order valence-electron chi connectivity index (χ1n) is 8.96. The number of aromatic nitrogens is 3. The van der Waals surface area contributed by atoms with E-state index >= 15 is 0 Å². The van der Waals surface area contributed by atoms with Crippen molar-refractivity contribution in [3.05, 3.63) is 64.7 Å². The molecule has 0 saturated carbocycles. The number of halogens is 2. The molecule has 0 fully saturated rings. The Bertz CT molecular complexity index is 995. The van der Waals surface area contributed by atoms with E-state index in [0.717, 1.165) is 5.56 Å². The molecule has 9 heteroatoms. The van der Waals surface area contributed by atoms with Gasteiger partial charge in [0.25, 0.3) is 0 Å². The zero-order valence-electron chi connectivity index (χ0n) is 16.0. The highest BCUT2D eigenvalue weighted by atomic mass is 35.5. The van der Waals surface area contributed by atoms with Gasteiger partial charge < -0.3 is 14.6 Å². The van der Waals surface area contributed by atoms with Gasteiger partial charge in [-0.15, -0.1) is 10.2 Å². The van der Waals surface area contributed by atoms with E-state index in [1.807, 2.05) is 24.5 Å². The van der Waals surface area contributed by atoms with Gasteiger partial charge in [0.05, 0.1) is 5.75 Å². The van der Waals surface area contributed by atoms with Crippen molar-refractivity contribution < 1.29 is 13.9 Å². The molecular weight excluding hydrogens is 415 g/mol. The summed E-state index contributed by atoms with van der Waals surface area (Å²) < 4.78 is 20.5. The minimum Gasteiger partial charge on any atom is -0.486 e. The van der Waals surface area contributed by atoms with Crippen molar-refractivity contribution in [2.75, 3.05) is 11.1 Å². The first kappa shape index (κ1) is 21.1. The van der Waals surface area contributed by atoms with E-state index in [1.165, 1.54) is 23.9 Å². The Kier molecular flexibility index (Phi) is 7.11. The van der Waals surface area contributed by atoms with E-state index in [0.29, 0.717) is 34.0 Å². The highest BCUT2D eigenvalue weighted by molar-refractivity contribution is 7.99. The van der Waals surface area contributed by atoms with Crippen molar-refractivity contribution in [2.24, 2.45) is 0 Å². The average molecular weight is 435 g/mol. The van der Waals surface area contributed by atoms with Gasteiger partial charge in [-0.1, -0.05) is 29.4 Å². The molecule has 2 aromatic carbocycles. The summed E-state index contributed by atoms with van der Waals surface area (Å²) in [4.78, 5) is 12.3. The van der Waals surface area contributed by atoms with E-state index in [4.69, 9.17) is 16.3 Å². The molecule has 3 rings (SSSR count). The van der Waals surface area contributed by atoms with Crippen LogP contribution in [0.1, 0.15) is 18.3 Å². The molecule has 0 aliphatic carbocycles. The molecule has 0 aliphatic heterocycles. The molecule has 3 aromatic rings. The third kappa shape index (κ3) is 5.48. The molecular formula is C20H20ClFN4O2S. The molecule has 0 radical (unpaired) electrons. The molecule has 1 amide bonds. The largest absolute Gasteiger partial charge is 0.486 e. The maximum absolute atomic E-state index is 13.0. The SMILES string of the molecule is CCn1c(COc2ccc(F)cc2)nnc1SCC(=O)Nc1cccc(Cl)c1C. The Labute approximate surface area is 177 Å². The molecule has 0 unspecified atom stereocenters. The van der Waals surface area contributed by atoms with Crippen molar-refractivity contribution in [3.63, 3.8) is 0 Å². The maximum Gasteiger partial charge on any atom is 0.234 e. The molecule has 1 heterocycles. The molecule has 0 bridgehead atoms. The predicted molar refractivity (Wildman–Crippen MR) is 112 cm³/mol. The van der Waals surface area contributed by atoms with Crippen molar-refractivity contribution in [2.45, 2.75) is 32.2 Å². The van der Waals surface area contributed by atoms with Crippen LogP contribution < -0.4 is 10.1 Å². The number of anilines is 1. The first-order chi connectivity index (χ1) is 14.0. The van der Waals surface area contributed by atoms with E-state index in [9.17, 15) is 9.18 Å². The fraction of sp³-hybridized carbons (Fsp3) is 0.250. The summed E-state index contributed by atoms with van der Waals surface area (Å²) in [5.41, 5.74) is 1.51. The Morgan fingerprint density at radius 1 is 1.24 bits per heavy atom. The normalized spacial score (nSPS) is 10.8. The zero-order valence-corrected chi connectivity index (χ0v) is 17.6. The minimum absolute atomic E-state index is 0.157. The van der Waals surface area contributed by atoms with Crippen LogP contribution in [0.3, 0.4) is 0 Å². The summed E-state index contributed by atoms with van der Waals surface area (Å²) >= 11 is 7.38. The molecule has 152 valence electrons. The van der Waals surface area contributed by atoms with Gasteiger partial charge >= 0.3 is 0 Å². The topological polar surface area (TPSA) is 69.0 Å². The summed E-state index contributed by atoms with van der Waals surface area (Å²) in [6.07, 6.45) is 0. The summed E-state index contributed by atoms with van der Waals surface area (Å²) in [6.45, 7) is 4.64. The second-order valence-corrected chi connectivity index (χ2v) is 7.48. The Morgan fingerprint density at radius 3 is 2.72 bits per heavy atom. The zero-order chi connectivity index (χ0) is 20.8. The highest BCUT2D eigenvalue weighted by Gasteiger charge is 2.14. The standard InChI is InChI=1S/C20H20ClFN4O2S/c1-3-26-18(11-28-15-9-7-14(22)8-10-15)24-25-20(26)29-12-19(27)23-17-6-4-5-16(21)13(17)2/h4-10H,3,11-12H2,1-2H3,(H,23,27). The van der Waals surface area contributed by atoms with E-state index < -0.39 is 0 Å². The Balaban J connectivity index is 1.58. The lowest BCUT2D eigenvalue weighted by molar-refractivity contribution is -0.113. The third-order valence-corrected chi connectivity index (χ3v) is 5.54. The number of hydrogen-bond acceptors (Lipinski definition) is 5. The summed E-state index contributed by atoms with van der Waals surface area (Å²) in [5, 5.41) is 12.4. The highest BCUT2D eigenvalue weighted by Crippen LogP contribution is 2.24. The van der Waals surface area contributed by atoms with Gasteiger partial charge in [0, 0.05) is 17.3 Å². The average Bonchev–Trinajstić information content (AvgIpc) is 3.11. The van der Waals surface area contributed by atoms with Crippen LogP contribution in [-0.2, 0) is 17.9 Å². The van der Waals surface area contributed by atoms with Crippen LogP contribution in [-0.4, -0.2) is 26.4 Å². The third-order valence-electron chi connectivity index (χ3n) is 4.17. The minimum atomic E-state index is -0.320. The van der Waals surface area contributed by atoms with Crippen LogP contribution in [0.25, 0.3) is 0 Å². The van der Waals surface area contributed by atoms with Crippen LogP contribution >= 0.6 is 23.4 Å². The molecule has 1 aromatic heterocycles. The predicted octanol–water partition coefficient (Wildman–Crippen LogP) is 4.71. The maximum atomic E-state index is 13.0. The lowest BCUT2D eigenvalue weighted by atomic mass is 10.2. The fourth-order valence-electron chi connectivity index (χ4n) is 2.59. The number of amides is 1. The number of ether oxygens (including phenoxy) is 1. The second kappa shape index (κ2) is 9.76. The first-order valence-corrected chi connectivity index (χ1v) is 10.3. The van der Waals surface area contributed by atoms with Crippen LogP contribution in [0.4, 0.5) is 10.1 Å². The van der Waals surface area contributed by atoms with Crippen molar-refractivity contribution >= 4 is 35.0 Å². The van der Waals surface area contributed by atoms with Crippen molar-refractivity contribution in [1.29, 1.82) is 0 Å². The Hall–Kier alpha value is -2.58.